The van der Waals surface area contributed by atoms with E-state index in [9.17, 15) is 23.3 Å². The Balaban J connectivity index is 1.86. The summed E-state index contributed by atoms with van der Waals surface area (Å²) < 4.78 is 27.5. The lowest BCUT2D eigenvalue weighted by Gasteiger charge is -2.24. The number of halogens is 1. The third-order valence-electron chi connectivity index (χ3n) is 4.52. The zero-order chi connectivity index (χ0) is 24.0. The molecule has 1 amide bonds. The number of amides is 1. The summed E-state index contributed by atoms with van der Waals surface area (Å²) in [5.41, 5.74) is 3.29. The van der Waals surface area contributed by atoms with Gasteiger partial charge in [0.05, 0.1) is 27.3 Å². The van der Waals surface area contributed by atoms with Crippen LogP contribution in [0.3, 0.4) is 0 Å². The van der Waals surface area contributed by atoms with Crippen LogP contribution in [0.1, 0.15) is 11.1 Å². The number of hydrazone groups is 1. The molecule has 0 unspecified atom stereocenters. The van der Waals surface area contributed by atoms with Crippen LogP contribution in [0.15, 0.2) is 82.8 Å². The molecular weight excluding hydrogens is 468 g/mol. The third-order valence-corrected chi connectivity index (χ3v) is 6.54. The van der Waals surface area contributed by atoms with E-state index >= 15 is 0 Å². The molecule has 0 saturated carbocycles. The Labute approximate surface area is 195 Å². The summed E-state index contributed by atoms with van der Waals surface area (Å²) in [6.45, 7) is 1.23. The van der Waals surface area contributed by atoms with Gasteiger partial charge >= 0.3 is 0 Å². The second-order valence-electron chi connectivity index (χ2n) is 6.91. The van der Waals surface area contributed by atoms with Crippen LogP contribution in [0.5, 0.6) is 0 Å². The first-order valence-electron chi connectivity index (χ1n) is 9.59. The average molecular weight is 487 g/mol. The Bertz CT molecular complexity index is 1310. The number of hydrogen-bond donors (Lipinski definition) is 1. The maximum Gasteiger partial charge on any atom is 0.278 e. The number of hydrogen-bond acceptors (Lipinski definition) is 6. The first-order valence-corrected chi connectivity index (χ1v) is 11.4. The van der Waals surface area contributed by atoms with Crippen LogP contribution in [0.2, 0.25) is 5.02 Å². The van der Waals surface area contributed by atoms with Gasteiger partial charge in [0.25, 0.3) is 21.6 Å². The predicted molar refractivity (Wildman–Crippen MR) is 126 cm³/mol. The van der Waals surface area contributed by atoms with E-state index in [1.54, 1.807) is 30.3 Å². The summed E-state index contributed by atoms with van der Waals surface area (Å²) in [4.78, 5) is 23.1. The smallest absolute Gasteiger partial charge is 0.271 e. The van der Waals surface area contributed by atoms with Crippen LogP contribution in [-0.4, -0.2) is 32.0 Å². The van der Waals surface area contributed by atoms with Gasteiger partial charge in [-0.05, 0) is 43.3 Å². The summed E-state index contributed by atoms with van der Waals surface area (Å²) in [6, 6.07) is 18.2. The van der Waals surface area contributed by atoms with Gasteiger partial charge in [0.15, 0.2) is 0 Å². The summed E-state index contributed by atoms with van der Waals surface area (Å²) in [5.74, 6) is -0.750. The Morgan fingerprint density at radius 2 is 1.82 bits per heavy atom. The lowest BCUT2D eigenvalue weighted by molar-refractivity contribution is -0.385. The molecule has 0 aliphatic heterocycles. The summed E-state index contributed by atoms with van der Waals surface area (Å²) in [7, 11) is -4.11. The summed E-state index contributed by atoms with van der Waals surface area (Å²) in [6.07, 6.45) is 1.12. The molecule has 1 N–H and O–H groups in total. The number of para-hydroxylation sites is 1. The molecule has 9 nitrogen and oxygen atoms in total. The van der Waals surface area contributed by atoms with E-state index in [0.717, 1.165) is 16.1 Å². The first kappa shape index (κ1) is 23.9. The average Bonchev–Trinajstić information content (AvgIpc) is 2.78. The number of nitro benzene ring substituents is 1. The number of nitro groups is 1. The molecule has 11 heteroatoms. The molecule has 0 bridgehead atoms. The second-order valence-corrected chi connectivity index (χ2v) is 9.21. The molecule has 3 aromatic rings. The first-order chi connectivity index (χ1) is 15.7. The largest absolute Gasteiger partial charge is 0.278 e. The van der Waals surface area contributed by atoms with E-state index in [1.165, 1.54) is 42.5 Å². The molecule has 33 heavy (non-hydrogen) atoms. The van der Waals surface area contributed by atoms with Crippen LogP contribution in [0.25, 0.3) is 0 Å². The van der Waals surface area contributed by atoms with Crippen molar-refractivity contribution < 1.29 is 18.1 Å². The van der Waals surface area contributed by atoms with Crippen molar-refractivity contribution in [3.05, 3.63) is 99.1 Å². The fourth-order valence-corrected chi connectivity index (χ4v) is 4.48. The van der Waals surface area contributed by atoms with Crippen LogP contribution in [0, 0.1) is 17.0 Å². The highest BCUT2D eigenvalue weighted by Gasteiger charge is 2.27. The van der Waals surface area contributed by atoms with Gasteiger partial charge in [-0.25, -0.2) is 13.8 Å². The molecule has 3 rings (SSSR count). The Hall–Kier alpha value is -3.76. The molecule has 0 radical (unpaired) electrons. The molecule has 0 spiro atoms. The minimum Gasteiger partial charge on any atom is -0.271 e. The highest BCUT2D eigenvalue weighted by Crippen LogP contribution is 2.26. The Morgan fingerprint density at radius 1 is 1.12 bits per heavy atom. The lowest BCUT2D eigenvalue weighted by atomic mass is 10.2. The third kappa shape index (κ3) is 5.93. The van der Waals surface area contributed by atoms with Crippen LogP contribution < -0.4 is 9.73 Å². The molecule has 0 aliphatic rings. The number of nitrogens with one attached hydrogen (secondary N) is 1. The van der Waals surface area contributed by atoms with Gasteiger partial charge < -0.3 is 0 Å². The number of nitrogens with zero attached hydrogens (tertiary/aromatic N) is 3. The highest BCUT2D eigenvalue weighted by molar-refractivity contribution is 7.92. The molecule has 0 fully saturated rings. The van der Waals surface area contributed by atoms with Crippen molar-refractivity contribution in [2.24, 2.45) is 5.10 Å². The Morgan fingerprint density at radius 3 is 2.48 bits per heavy atom. The minimum absolute atomic E-state index is 0.00397. The number of benzene rings is 3. The van der Waals surface area contributed by atoms with Gasteiger partial charge in [-0.3, -0.25) is 19.2 Å². The topological polar surface area (TPSA) is 122 Å². The number of carbonyl (C=O) groups is 1. The normalized spacial score (nSPS) is 11.3. The van der Waals surface area contributed by atoms with Crippen molar-refractivity contribution in [3.63, 3.8) is 0 Å². The number of rotatable bonds is 8. The summed E-state index contributed by atoms with van der Waals surface area (Å²) >= 11 is 6.03. The zero-order valence-electron chi connectivity index (χ0n) is 17.4. The SMILES string of the molecule is Cc1ccc(S(=O)(=O)N(CC(=O)N/N=C\c2ccccc2[N+](=O)[O-])c2cccc(Cl)c2)cc1. The van der Waals surface area contributed by atoms with Crippen molar-refractivity contribution in [3.8, 4) is 0 Å². The fraction of sp³-hybridized carbons (Fsp3) is 0.0909. The molecule has 0 aromatic heterocycles. The van der Waals surface area contributed by atoms with Crippen LogP contribution in [0.4, 0.5) is 11.4 Å². The Kier molecular flexibility index (Phi) is 7.41. The molecule has 0 saturated heterocycles. The van der Waals surface area contributed by atoms with E-state index in [2.05, 4.69) is 10.5 Å². The van der Waals surface area contributed by atoms with E-state index < -0.39 is 27.4 Å². The van der Waals surface area contributed by atoms with Gasteiger partial charge in [-0.1, -0.05) is 47.5 Å². The number of carbonyl (C=O) groups excluding carboxylic acids is 1. The maximum atomic E-state index is 13.3. The van der Waals surface area contributed by atoms with Crippen molar-refractivity contribution in [1.29, 1.82) is 0 Å². The van der Waals surface area contributed by atoms with E-state index in [4.69, 9.17) is 11.6 Å². The summed E-state index contributed by atoms with van der Waals surface area (Å²) in [5, 5.41) is 15.1. The number of anilines is 1. The second kappa shape index (κ2) is 10.2. The van der Waals surface area contributed by atoms with E-state index in [1.807, 2.05) is 6.92 Å². The lowest BCUT2D eigenvalue weighted by Crippen LogP contribution is -2.39. The maximum absolute atomic E-state index is 13.3. The van der Waals surface area contributed by atoms with Crippen molar-refractivity contribution in [1.82, 2.24) is 5.43 Å². The quantitative estimate of drug-likeness (QED) is 0.294. The van der Waals surface area contributed by atoms with Crippen molar-refractivity contribution in [2.45, 2.75) is 11.8 Å². The fourth-order valence-electron chi connectivity index (χ4n) is 2.89. The molecule has 0 atom stereocenters. The molecule has 0 aliphatic carbocycles. The van der Waals surface area contributed by atoms with Crippen LogP contribution in [-0.2, 0) is 14.8 Å². The number of sulfonamides is 1. The van der Waals surface area contributed by atoms with Gasteiger partial charge in [0.1, 0.15) is 6.54 Å². The molecule has 3 aromatic carbocycles. The van der Waals surface area contributed by atoms with Gasteiger partial charge in [-0.15, -0.1) is 0 Å². The predicted octanol–water partition coefficient (Wildman–Crippen LogP) is 3.90. The zero-order valence-corrected chi connectivity index (χ0v) is 19.0. The number of aryl methyl sites for hydroxylation is 1. The highest BCUT2D eigenvalue weighted by atomic mass is 35.5. The van der Waals surface area contributed by atoms with Crippen molar-refractivity contribution >= 4 is 45.1 Å². The monoisotopic (exact) mass is 486 g/mol. The molecule has 0 heterocycles. The minimum atomic E-state index is -4.11. The molecular formula is C22H19ClN4O5S. The van der Waals surface area contributed by atoms with Gasteiger partial charge in [-0.2, -0.15) is 5.10 Å². The standard InChI is InChI=1S/C22H19ClN4O5S/c1-16-9-11-20(12-10-16)33(31,32)26(19-7-4-6-18(23)13-19)15-22(28)25-24-14-17-5-2-3-8-21(17)27(29)30/h2-14H,15H2,1H3,(H,25,28)/b24-14-. The van der Waals surface area contributed by atoms with Gasteiger partial charge in [0.2, 0.25) is 0 Å². The van der Waals surface area contributed by atoms with E-state index in [-0.39, 0.29) is 21.8 Å². The molecule has 170 valence electrons. The van der Waals surface area contributed by atoms with Crippen molar-refractivity contribution in [2.75, 3.05) is 10.8 Å². The van der Waals surface area contributed by atoms with Gasteiger partial charge in [0, 0.05) is 11.1 Å². The van der Waals surface area contributed by atoms with E-state index in [0.29, 0.717) is 5.02 Å². The van der Waals surface area contributed by atoms with Crippen LogP contribution >= 0.6 is 11.6 Å².